The molecule has 4 heterocycles. The van der Waals surface area contributed by atoms with Crippen LogP contribution in [0.4, 0.5) is 16.8 Å². The molecule has 2 atom stereocenters. The lowest BCUT2D eigenvalue weighted by atomic mass is 9.92. The van der Waals surface area contributed by atoms with Crippen LogP contribution in [-0.2, 0) is 11.3 Å². The first-order valence-electron chi connectivity index (χ1n) is 13.0. The Kier molecular flexibility index (Phi) is 7.54. The molecule has 1 saturated carbocycles. The zero-order chi connectivity index (χ0) is 25.7. The van der Waals surface area contributed by atoms with Gasteiger partial charge in [0.05, 0.1) is 42.1 Å². The van der Waals surface area contributed by atoms with Gasteiger partial charge in [-0.15, -0.1) is 15.0 Å². The van der Waals surface area contributed by atoms with Crippen LogP contribution in [0.5, 0.6) is 0 Å². The number of anilines is 3. The highest BCUT2D eigenvalue weighted by Gasteiger charge is 2.24. The summed E-state index contributed by atoms with van der Waals surface area (Å²) in [6.07, 6.45) is 5.32. The molecule has 198 valence electrons. The standard InChI is InChI=1S/C26H31N9O2S/c36-21-9-5-4-8-20(21)28-23-14-18(17-34-10-12-37-13-11-34)15-24(29-23)30-26-27-16-22(38-26)25-31-33-35(32-25)19-6-2-1-3-7-19/h1-3,6-7,14-16,20-21,36H,4-5,8-13,17H2,(H2,27,28,29,30). The number of nitrogens with zero attached hydrogens (tertiary/aromatic N) is 7. The van der Waals surface area contributed by atoms with Crippen LogP contribution >= 0.6 is 11.3 Å². The van der Waals surface area contributed by atoms with Gasteiger partial charge in [-0.2, -0.15) is 0 Å². The number of para-hydroxylation sites is 1. The third-order valence-electron chi connectivity index (χ3n) is 6.82. The smallest absolute Gasteiger partial charge is 0.216 e. The Hall–Kier alpha value is -3.45. The van der Waals surface area contributed by atoms with E-state index in [1.165, 1.54) is 16.1 Å². The van der Waals surface area contributed by atoms with E-state index in [0.29, 0.717) is 16.8 Å². The number of hydrogen-bond donors (Lipinski definition) is 3. The van der Waals surface area contributed by atoms with E-state index in [9.17, 15) is 5.11 Å². The van der Waals surface area contributed by atoms with Crippen LogP contribution in [0.3, 0.4) is 0 Å². The fourth-order valence-electron chi connectivity index (χ4n) is 4.83. The van der Waals surface area contributed by atoms with Crippen molar-refractivity contribution in [2.75, 3.05) is 36.9 Å². The second-order valence-electron chi connectivity index (χ2n) is 9.63. The van der Waals surface area contributed by atoms with Crippen LogP contribution < -0.4 is 10.6 Å². The van der Waals surface area contributed by atoms with E-state index in [0.717, 1.165) is 80.5 Å². The second kappa shape index (κ2) is 11.5. The molecule has 1 aliphatic heterocycles. The molecule has 2 unspecified atom stereocenters. The van der Waals surface area contributed by atoms with E-state index >= 15 is 0 Å². The second-order valence-corrected chi connectivity index (χ2v) is 10.7. The average molecular weight is 534 g/mol. The fourth-order valence-corrected chi connectivity index (χ4v) is 5.58. The van der Waals surface area contributed by atoms with E-state index in [4.69, 9.17) is 9.72 Å². The molecule has 1 aromatic carbocycles. The van der Waals surface area contributed by atoms with Gasteiger partial charge < -0.3 is 20.5 Å². The first kappa shape index (κ1) is 24.9. The SMILES string of the molecule is OC1CCCCC1Nc1cc(CN2CCOCC2)cc(Nc2ncc(-c3nnn(-c4ccccc4)n3)s2)n1. The maximum atomic E-state index is 10.5. The number of aromatic nitrogens is 6. The van der Waals surface area contributed by atoms with Gasteiger partial charge in [0.1, 0.15) is 11.6 Å². The van der Waals surface area contributed by atoms with Crippen LogP contribution in [0, 0.1) is 0 Å². The Morgan fingerprint density at radius 1 is 1.05 bits per heavy atom. The Balaban J connectivity index is 1.21. The predicted molar refractivity (Wildman–Crippen MR) is 146 cm³/mol. The summed E-state index contributed by atoms with van der Waals surface area (Å²) in [5, 5.41) is 30.9. The molecule has 0 bridgehead atoms. The molecular weight excluding hydrogens is 502 g/mol. The molecule has 0 radical (unpaired) electrons. The number of aliphatic hydroxyl groups is 1. The molecule has 12 heteroatoms. The number of morpholine rings is 1. The maximum Gasteiger partial charge on any atom is 0.216 e. The highest BCUT2D eigenvalue weighted by atomic mass is 32.1. The van der Waals surface area contributed by atoms with Gasteiger partial charge in [0.2, 0.25) is 5.82 Å². The molecule has 0 spiro atoms. The van der Waals surface area contributed by atoms with E-state index < -0.39 is 0 Å². The van der Waals surface area contributed by atoms with Crippen LogP contribution in [0.25, 0.3) is 16.4 Å². The number of pyridine rings is 1. The summed E-state index contributed by atoms with van der Waals surface area (Å²) < 4.78 is 5.51. The van der Waals surface area contributed by atoms with E-state index in [-0.39, 0.29) is 12.1 Å². The maximum absolute atomic E-state index is 10.5. The summed E-state index contributed by atoms with van der Waals surface area (Å²) in [6, 6.07) is 13.8. The topological polar surface area (TPSA) is 126 Å². The molecule has 38 heavy (non-hydrogen) atoms. The first-order valence-corrected chi connectivity index (χ1v) is 13.9. The van der Waals surface area contributed by atoms with Crippen LogP contribution in [0.15, 0.2) is 48.7 Å². The van der Waals surface area contributed by atoms with E-state index in [2.05, 4.69) is 48.1 Å². The number of hydrogen-bond acceptors (Lipinski definition) is 11. The monoisotopic (exact) mass is 533 g/mol. The summed E-state index contributed by atoms with van der Waals surface area (Å²) in [5.74, 6) is 1.97. The van der Waals surface area contributed by atoms with Crippen molar-refractivity contribution in [3.05, 3.63) is 54.2 Å². The Morgan fingerprint density at radius 3 is 2.71 bits per heavy atom. The molecule has 0 amide bonds. The third kappa shape index (κ3) is 5.99. The summed E-state index contributed by atoms with van der Waals surface area (Å²) in [7, 11) is 0. The third-order valence-corrected chi connectivity index (χ3v) is 7.73. The Bertz CT molecular complexity index is 1340. The molecule has 2 fully saturated rings. The fraction of sp³-hybridized carbons (Fsp3) is 0.423. The van der Waals surface area contributed by atoms with E-state index in [1.807, 2.05) is 30.3 Å². The zero-order valence-corrected chi connectivity index (χ0v) is 21.8. The average Bonchev–Trinajstić information content (AvgIpc) is 3.61. The molecule has 3 aromatic heterocycles. The molecule has 1 aliphatic carbocycles. The normalized spacial score (nSPS) is 20.3. The van der Waals surface area contributed by atoms with Gasteiger partial charge in [0.15, 0.2) is 5.13 Å². The van der Waals surface area contributed by atoms with E-state index in [1.54, 1.807) is 6.20 Å². The van der Waals surface area contributed by atoms with Gasteiger partial charge >= 0.3 is 0 Å². The largest absolute Gasteiger partial charge is 0.391 e. The Labute approximate surface area is 224 Å². The molecule has 4 aromatic rings. The summed E-state index contributed by atoms with van der Waals surface area (Å²) in [4.78, 5) is 14.1. The number of benzene rings is 1. The summed E-state index contributed by atoms with van der Waals surface area (Å²) >= 11 is 1.44. The van der Waals surface area contributed by atoms with Crippen LogP contribution in [0.1, 0.15) is 31.2 Å². The lowest BCUT2D eigenvalue weighted by molar-refractivity contribution is 0.0342. The predicted octanol–water partition coefficient (Wildman–Crippen LogP) is 3.47. The van der Waals surface area contributed by atoms with Crippen molar-refractivity contribution in [3.63, 3.8) is 0 Å². The first-order chi connectivity index (χ1) is 18.7. The van der Waals surface area contributed by atoms with Crippen molar-refractivity contribution in [2.24, 2.45) is 0 Å². The van der Waals surface area contributed by atoms with Crippen molar-refractivity contribution in [2.45, 2.75) is 44.4 Å². The van der Waals surface area contributed by atoms with Crippen LogP contribution in [0.2, 0.25) is 0 Å². The number of aliphatic hydroxyl groups excluding tert-OH is 1. The van der Waals surface area contributed by atoms with Gasteiger partial charge in [-0.05, 0) is 47.9 Å². The molecule has 1 saturated heterocycles. The quantitative estimate of drug-likeness (QED) is 0.310. The lowest BCUT2D eigenvalue weighted by Gasteiger charge is -2.29. The lowest BCUT2D eigenvalue weighted by Crippen LogP contribution is -2.37. The van der Waals surface area contributed by atoms with Gasteiger partial charge in [0.25, 0.3) is 0 Å². The number of thiazole rings is 1. The van der Waals surface area contributed by atoms with Gasteiger partial charge in [-0.3, -0.25) is 4.90 Å². The van der Waals surface area contributed by atoms with Gasteiger partial charge in [0, 0.05) is 19.6 Å². The number of tetrazole rings is 1. The number of rotatable bonds is 8. The molecule has 2 aliphatic rings. The minimum atomic E-state index is -0.358. The number of nitrogens with one attached hydrogen (secondary N) is 2. The number of ether oxygens (including phenoxy) is 1. The molecule has 11 nitrogen and oxygen atoms in total. The highest BCUT2D eigenvalue weighted by molar-refractivity contribution is 7.18. The minimum absolute atomic E-state index is 0.00695. The minimum Gasteiger partial charge on any atom is -0.391 e. The summed E-state index contributed by atoms with van der Waals surface area (Å²) in [6.45, 7) is 4.11. The van der Waals surface area contributed by atoms with Crippen molar-refractivity contribution in [1.29, 1.82) is 0 Å². The Morgan fingerprint density at radius 2 is 1.87 bits per heavy atom. The molecule has 3 N–H and O–H groups in total. The van der Waals surface area contributed by atoms with Crippen molar-refractivity contribution >= 4 is 28.1 Å². The highest BCUT2D eigenvalue weighted by Crippen LogP contribution is 2.30. The van der Waals surface area contributed by atoms with Crippen molar-refractivity contribution in [1.82, 2.24) is 35.1 Å². The van der Waals surface area contributed by atoms with Crippen molar-refractivity contribution < 1.29 is 9.84 Å². The van der Waals surface area contributed by atoms with Crippen LogP contribution in [-0.4, -0.2) is 78.6 Å². The van der Waals surface area contributed by atoms with Gasteiger partial charge in [-0.1, -0.05) is 42.4 Å². The van der Waals surface area contributed by atoms with Gasteiger partial charge in [-0.25, -0.2) is 9.97 Å². The summed E-state index contributed by atoms with van der Waals surface area (Å²) in [5.41, 5.74) is 1.99. The van der Waals surface area contributed by atoms with Crippen molar-refractivity contribution in [3.8, 4) is 16.4 Å². The molecule has 6 rings (SSSR count). The zero-order valence-electron chi connectivity index (χ0n) is 21.0. The molecular formula is C26H31N9O2S.